The molecule has 4 heteroatoms. The molecule has 0 amide bonds. The van der Waals surface area contributed by atoms with Crippen molar-refractivity contribution in [3.63, 3.8) is 0 Å². The van der Waals surface area contributed by atoms with Crippen molar-refractivity contribution in [2.45, 2.75) is 26.9 Å². The van der Waals surface area contributed by atoms with E-state index in [2.05, 4.69) is 0 Å². The van der Waals surface area contributed by atoms with Crippen molar-refractivity contribution in [2.24, 2.45) is 11.8 Å². The lowest BCUT2D eigenvalue weighted by Gasteiger charge is -2.23. The minimum Gasteiger partial charge on any atom is -0.481 e. The normalized spacial score (nSPS) is 14.0. The van der Waals surface area contributed by atoms with Crippen LogP contribution in [0, 0.1) is 11.8 Å². The minimum absolute atomic E-state index is 0.0962. The Bertz CT molecular complexity index is 411. The quantitative estimate of drug-likeness (QED) is 0.816. The molecule has 0 radical (unpaired) electrons. The number of carboxylic acids is 1. The second-order valence-corrected chi connectivity index (χ2v) is 4.58. The molecule has 18 heavy (non-hydrogen) atoms. The van der Waals surface area contributed by atoms with E-state index in [1.807, 2.05) is 0 Å². The van der Waals surface area contributed by atoms with Crippen molar-refractivity contribution in [3.05, 3.63) is 35.9 Å². The fourth-order valence-electron chi connectivity index (χ4n) is 1.91. The number of carbonyl (C=O) groups excluding carboxylic acids is 1. The molecular formula is C14H18O4. The summed E-state index contributed by atoms with van der Waals surface area (Å²) in [4.78, 5) is 22.9. The van der Waals surface area contributed by atoms with E-state index in [4.69, 9.17) is 9.84 Å². The van der Waals surface area contributed by atoms with Gasteiger partial charge in [0, 0.05) is 0 Å². The zero-order chi connectivity index (χ0) is 13.7. The van der Waals surface area contributed by atoms with Crippen LogP contribution in [-0.4, -0.2) is 23.1 Å². The van der Waals surface area contributed by atoms with Crippen LogP contribution in [0.2, 0.25) is 0 Å². The number of carboxylic acid groups (broad SMARTS) is 1. The van der Waals surface area contributed by atoms with E-state index in [-0.39, 0.29) is 5.92 Å². The van der Waals surface area contributed by atoms with Gasteiger partial charge in [-0.05, 0) is 25.0 Å². The number of aliphatic carboxylic acids is 1. The lowest BCUT2D eigenvalue weighted by molar-refractivity contribution is -0.147. The fourth-order valence-corrected chi connectivity index (χ4v) is 1.91. The summed E-state index contributed by atoms with van der Waals surface area (Å²) in [6.45, 7) is 5.21. The molecule has 1 aromatic rings. The van der Waals surface area contributed by atoms with E-state index in [0.29, 0.717) is 5.56 Å². The fraction of sp³-hybridized carbons (Fsp3) is 0.429. The first kappa shape index (κ1) is 14.2. The van der Waals surface area contributed by atoms with Gasteiger partial charge in [0.2, 0.25) is 0 Å². The molecule has 0 saturated carbocycles. The van der Waals surface area contributed by atoms with Crippen LogP contribution in [0.1, 0.15) is 31.1 Å². The van der Waals surface area contributed by atoms with Gasteiger partial charge in [0.05, 0.1) is 11.5 Å². The van der Waals surface area contributed by atoms with Gasteiger partial charge >= 0.3 is 11.9 Å². The topological polar surface area (TPSA) is 63.6 Å². The van der Waals surface area contributed by atoms with Crippen LogP contribution in [0.3, 0.4) is 0 Å². The van der Waals surface area contributed by atoms with E-state index in [0.717, 1.165) is 0 Å². The number of rotatable bonds is 5. The third-order valence-electron chi connectivity index (χ3n) is 2.81. The Balaban J connectivity index is 2.72. The Kier molecular flexibility index (Phi) is 4.89. The molecule has 98 valence electrons. The number of ether oxygens (including phenoxy) is 1. The summed E-state index contributed by atoms with van der Waals surface area (Å²) in [5.74, 6) is -2.23. The third kappa shape index (κ3) is 3.58. The van der Waals surface area contributed by atoms with Crippen LogP contribution in [0.4, 0.5) is 0 Å². The molecule has 0 spiro atoms. The highest BCUT2D eigenvalue weighted by molar-refractivity contribution is 5.89. The molecule has 0 fully saturated rings. The van der Waals surface area contributed by atoms with E-state index < -0.39 is 24.0 Å². The largest absolute Gasteiger partial charge is 0.481 e. The van der Waals surface area contributed by atoms with Crippen molar-refractivity contribution >= 4 is 11.9 Å². The maximum Gasteiger partial charge on any atom is 0.338 e. The Morgan fingerprint density at radius 1 is 1.11 bits per heavy atom. The Labute approximate surface area is 107 Å². The Morgan fingerprint density at radius 2 is 1.67 bits per heavy atom. The first-order chi connectivity index (χ1) is 8.43. The smallest absolute Gasteiger partial charge is 0.338 e. The van der Waals surface area contributed by atoms with E-state index in [1.54, 1.807) is 51.1 Å². The monoisotopic (exact) mass is 250 g/mol. The number of hydrogen-bond donors (Lipinski definition) is 1. The lowest BCUT2D eigenvalue weighted by atomic mass is 9.91. The lowest BCUT2D eigenvalue weighted by Crippen LogP contribution is -2.34. The first-order valence-electron chi connectivity index (χ1n) is 5.92. The molecule has 1 aromatic carbocycles. The van der Waals surface area contributed by atoms with Crippen LogP contribution < -0.4 is 0 Å². The zero-order valence-electron chi connectivity index (χ0n) is 10.8. The van der Waals surface area contributed by atoms with Crippen LogP contribution >= 0.6 is 0 Å². The van der Waals surface area contributed by atoms with E-state index in [9.17, 15) is 9.59 Å². The van der Waals surface area contributed by atoms with Gasteiger partial charge in [0.1, 0.15) is 6.10 Å². The van der Waals surface area contributed by atoms with Crippen molar-refractivity contribution in [3.8, 4) is 0 Å². The average molecular weight is 250 g/mol. The summed E-state index contributed by atoms with van der Waals surface area (Å²) in [7, 11) is 0. The molecule has 0 saturated heterocycles. The second kappa shape index (κ2) is 6.19. The summed E-state index contributed by atoms with van der Waals surface area (Å²) in [5, 5.41) is 9.11. The predicted molar refractivity (Wildman–Crippen MR) is 67.3 cm³/mol. The second-order valence-electron chi connectivity index (χ2n) is 4.58. The highest BCUT2D eigenvalue weighted by Gasteiger charge is 2.30. The van der Waals surface area contributed by atoms with Gasteiger partial charge in [-0.1, -0.05) is 32.0 Å². The number of benzene rings is 1. The Morgan fingerprint density at radius 3 is 2.11 bits per heavy atom. The molecule has 1 rings (SSSR count). The van der Waals surface area contributed by atoms with Gasteiger partial charge < -0.3 is 9.84 Å². The van der Waals surface area contributed by atoms with Gasteiger partial charge in [0.15, 0.2) is 0 Å². The molecule has 1 N–H and O–H groups in total. The predicted octanol–water partition coefficient (Wildman–Crippen LogP) is 2.59. The highest BCUT2D eigenvalue weighted by Crippen LogP contribution is 2.19. The molecule has 0 aromatic heterocycles. The summed E-state index contributed by atoms with van der Waals surface area (Å²) in [6, 6.07) is 8.55. The molecule has 0 bridgehead atoms. The van der Waals surface area contributed by atoms with E-state index in [1.165, 1.54) is 0 Å². The summed E-state index contributed by atoms with van der Waals surface area (Å²) < 4.78 is 5.20. The van der Waals surface area contributed by atoms with Crippen LogP contribution in [0.25, 0.3) is 0 Å². The summed E-state index contributed by atoms with van der Waals surface area (Å²) in [6.07, 6.45) is -0.657. The number of carbonyl (C=O) groups is 2. The standard InChI is InChI=1S/C14H18O4/c1-9(2)12(13(15)16)10(3)18-14(17)11-7-5-4-6-8-11/h4-10,12H,1-3H3,(H,15,16). The number of esters is 1. The van der Waals surface area contributed by atoms with Gasteiger partial charge in [-0.2, -0.15) is 0 Å². The molecule has 2 atom stereocenters. The highest BCUT2D eigenvalue weighted by atomic mass is 16.5. The summed E-state index contributed by atoms with van der Waals surface area (Å²) in [5.41, 5.74) is 0.428. The SMILES string of the molecule is CC(C)C(C(=O)O)C(C)OC(=O)c1ccccc1. The number of hydrogen-bond acceptors (Lipinski definition) is 3. The van der Waals surface area contributed by atoms with Gasteiger partial charge in [-0.15, -0.1) is 0 Å². The maximum absolute atomic E-state index is 11.8. The molecular weight excluding hydrogens is 232 g/mol. The van der Waals surface area contributed by atoms with Crippen molar-refractivity contribution in [2.75, 3.05) is 0 Å². The summed E-state index contributed by atoms with van der Waals surface area (Å²) >= 11 is 0. The van der Waals surface area contributed by atoms with Crippen molar-refractivity contribution < 1.29 is 19.4 Å². The molecule has 2 unspecified atom stereocenters. The van der Waals surface area contributed by atoms with Crippen LogP contribution in [-0.2, 0) is 9.53 Å². The average Bonchev–Trinajstić information content (AvgIpc) is 2.28. The third-order valence-corrected chi connectivity index (χ3v) is 2.81. The minimum atomic E-state index is -0.946. The van der Waals surface area contributed by atoms with Crippen LogP contribution in [0.15, 0.2) is 30.3 Å². The molecule has 0 aliphatic rings. The van der Waals surface area contributed by atoms with Crippen LogP contribution in [0.5, 0.6) is 0 Å². The van der Waals surface area contributed by atoms with Gasteiger partial charge in [0.25, 0.3) is 0 Å². The van der Waals surface area contributed by atoms with Gasteiger partial charge in [-0.25, -0.2) is 4.79 Å². The first-order valence-corrected chi connectivity index (χ1v) is 5.92. The molecule has 0 aliphatic carbocycles. The maximum atomic E-state index is 11.8. The van der Waals surface area contributed by atoms with Crippen molar-refractivity contribution in [1.82, 2.24) is 0 Å². The molecule has 0 aliphatic heterocycles. The van der Waals surface area contributed by atoms with Crippen molar-refractivity contribution in [1.29, 1.82) is 0 Å². The molecule has 0 heterocycles. The molecule has 4 nitrogen and oxygen atoms in total. The van der Waals surface area contributed by atoms with E-state index >= 15 is 0 Å². The Hall–Kier alpha value is -1.84. The van der Waals surface area contributed by atoms with Gasteiger partial charge in [-0.3, -0.25) is 4.79 Å². The zero-order valence-corrected chi connectivity index (χ0v) is 10.8.